The Balaban J connectivity index is 0.000000830. The van der Waals surface area contributed by atoms with Gasteiger partial charge in [0.25, 0.3) is 0 Å². The van der Waals surface area contributed by atoms with Crippen LogP contribution in [0.1, 0.15) is 64.2 Å². The molecule has 0 amide bonds. The third-order valence-electron chi connectivity index (χ3n) is 6.15. The molecule has 1 aromatic rings. The number of hydrogen-bond acceptors (Lipinski definition) is 2. The first-order valence-electron chi connectivity index (χ1n) is 11.9. The summed E-state index contributed by atoms with van der Waals surface area (Å²) in [5.74, 6) is -0.863. The summed E-state index contributed by atoms with van der Waals surface area (Å²) in [5.41, 5.74) is 0.793. The highest BCUT2D eigenvalue weighted by molar-refractivity contribution is 7.67. The van der Waals surface area contributed by atoms with Crippen LogP contribution in [0.5, 0.6) is 11.5 Å². The van der Waals surface area contributed by atoms with Crippen molar-refractivity contribution in [1.82, 2.24) is 0 Å². The van der Waals surface area contributed by atoms with E-state index in [-0.39, 0.29) is 0 Å². The summed E-state index contributed by atoms with van der Waals surface area (Å²) in [6.45, 7) is -4.09. The molecule has 0 aromatic heterocycles. The van der Waals surface area contributed by atoms with E-state index in [1.54, 1.807) is 0 Å². The van der Waals surface area contributed by atoms with Crippen molar-refractivity contribution < 1.29 is 53.1 Å². The van der Waals surface area contributed by atoms with E-state index in [1.807, 2.05) is 0 Å². The van der Waals surface area contributed by atoms with Gasteiger partial charge in [0.15, 0.2) is 13.3 Å². The molecule has 0 radical (unpaired) electrons. The average molecular weight is 558 g/mol. The molecule has 0 heterocycles. The summed E-state index contributed by atoms with van der Waals surface area (Å²) in [7, 11) is -7.33. The normalized spacial score (nSPS) is 18.5. The van der Waals surface area contributed by atoms with Gasteiger partial charge in [-0.1, -0.05) is 12.8 Å². The van der Waals surface area contributed by atoms with Crippen molar-refractivity contribution >= 4 is 20.5 Å². The molecular weight excluding hydrogens is 528 g/mol. The maximum absolute atomic E-state index is 13.6. The fraction of sp³-hybridized carbons (Fsp3) is 0.727. The topological polar surface area (TPSA) is 18.5 Å². The maximum atomic E-state index is 13.6. The molecule has 0 N–H and O–H groups in total. The second-order valence-electron chi connectivity index (χ2n) is 9.06. The highest BCUT2D eigenvalue weighted by atomic mass is 31.1. The van der Waals surface area contributed by atoms with Crippen LogP contribution in [0.2, 0.25) is 0 Å². The Morgan fingerprint density at radius 1 is 0.667 bits per heavy atom. The van der Waals surface area contributed by atoms with Crippen LogP contribution in [0.3, 0.4) is 0 Å². The summed E-state index contributed by atoms with van der Waals surface area (Å²) < 4.78 is 128. The first-order valence-corrected chi connectivity index (χ1v) is 13.5. The van der Waals surface area contributed by atoms with Crippen molar-refractivity contribution in [3.05, 3.63) is 18.2 Å². The lowest BCUT2D eigenvalue weighted by atomic mass is 9.99. The second kappa shape index (κ2) is 13.4. The van der Waals surface area contributed by atoms with Crippen LogP contribution in [-0.2, 0) is 0 Å². The molecule has 2 aliphatic carbocycles. The van der Waals surface area contributed by atoms with Crippen molar-refractivity contribution in [3.63, 3.8) is 0 Å². The number of rotatable bonds is 9. The third kappa shape index (κ3) is 10.9. The molecule has 0 unspecified atom stereocenters. The molecule has 0 bridgehead atoms. The van der Waals surface area contributed by atoms with E-state index >= 15 is 0 Å². The first kappa shape index (κ1) is 30.8. The van der Waals surface area contributed by atoms with Crippen molar-refractivity contribution in [2.24, 2.45) is 0 Å². The predicted molar refractivity (Wildman–Crippen MR) is 121 cm³/mol. The van der Waals surface area contributed by atoms with Crippen LogP contribution >= 0.6 is 7.92 Å². The van der Waals surface area contributed by atoms with Crippen LogP contribution in [0.25, 0.3) is 0 Å². The van der Waals surface area contributed by atoms with E-state index in [9.17, 15) is 43.6 Å². The molecular formula is C22H30BF10O2P. The van der Waals surface area contributed by atoms with Crippen LogP contribution in [0, 0.1) is 0 Å². The lowest BCUT2D eigenvalue weighted by Crippen LogP contribution is -2.30. The van der Waals surface area contributed by atoms with Crippen molar-refractivity contribution in [2.75, 3.05) is 13.3 Å². The molecule has 3 rings (SSSR count). The smallest absolute Gasteiger partial charge is 0.430 e. The number of hydrogen-bond donors (Lipinski definition) is 0. The fourth-order valence-electron chi connectivity index (χ4n) is 4.89. The fourth-order valence-corrected chi connectivity index (χ4v) is 9.18. The maximum Gasteiger partial charge on any atom is 0.673 e. The molecule has 14 heteroatoms. The number of alkyl halides is 6. The van der Waals surface area contributed by atoms with E-state index in [0.29, 0.717) is 16.6 Å². The quantitative estimate of drug-likeness (QED) is 0.172. The second-order valence-corrected chi connectivity index (χ2v) is 12.2. The van der Waals surface area contributed by atoms with E-state index in [1.165, 1.54) is 12.1 Å². The zero-order valence-electron chi connectivity index (χ0n) is 19.5. The van der Waals surface area contributed by atoms with Gasteiger partial charge in [-0.05, 0) is 51.4 Å². The van der Waals surface area contributed by atoms with Crippen molar-refractivity contribution in [1.29, 1.82) is 0 Å². The van der Waals surface area contributed by atoms with E-state index < -0.39 is 52.2 Å². The highest BCUT2D eigenvalue weighted by Crippen LogP contribution is 2.55. The highest BCUT2D eigenvalue weighted by Gasteiger charge is 2.41. The van der Waals surface area contributed by atoms with Gasteiger partial charge in [0.05, 0.1) is 16.6 Å². The number of benzene rings is 1. The van der Waals surface area contributed by atoms with Gasteiger partial charge in [-0.25, -0.2) is 8.78 Å². The lowest BCUT2D eigenvalue weighted by Gasteiger charge is -2.32. The summed E-state index contributed by atoms with van der Waals surface area (Å²) in [6, 6.07) is 3.72. The Bertz CT molecular complexity index is 739. The third-order valence-corrected chi connectivity index (χ3v) is 10.0. The van der Waals surface area contributed by atoms with Crippen molar-refractivity contribution in [3.8, 4) is 11.5 Å². The summed E-state index contributed by atoms with van der Waals surface area (Å²) in [5, 5.41) is 0.667. The summed E-state index contributed by atoms with van der Waals surface area (Å²) >= 11 is 0. The molecule has 36 heavy (non-hydrogen) atoms. The van der Waals surface area contributed by atoms with Gasteiger partial charge in [-0.2, -0.15) is 17.6 Å². The van der Waals surface area contributed by atoms with Gasteiger partial charge in [0.1, 0.15) is 11.5 Å². The zero-order chi connectivity index (χ0) is 27.0. The average Bonchev–Trinajstić information content (AvgIpc) is 2.79. The monoisotopic (exact) mass is 558 g/mol. The SMILES string of the molecule is FCC(F)(F)Oc1cc(OC(F)(F)CF)cc([PH+](C2CCCCC2)C2CCCCC2)c1.F[B-](F)(F)F. The van der Waals surface area contributed by atoms with Gasteiger partial charge in [0.2, 0.25) is 0 Å². The largest absolute Gasteiger partial charge is 0.673 e. The molecule has 0 aliphatic heterocycles. The van der Waals surface area contributed by atoms with Crippen molar-refractivity contribution in [2.45, 2.75) is 87.7 Å². The van der Waals surface area contributed by atoms with Gasteiger partial charge in [0, 0.05) is 26.1 Å². The first-order chi connectivity index (χ1) is 16.7. The Morgan fingerprint density at radius 3 is 1.31 bits per heavy atom. The molecule has 0 spiro atoms. The number of ether oxygens (including phenoxy) is 2. The van der Waals surface area contributed by atoms with Gasteiger partial charge in [-0.3, -0.25) is 0 Å². The molecule has 2 fully saturated rings. The van der Waals surface area contributed by atoms with Crippen LogP contribution in [0.4, 0.5) is 43.6 Å². The van der Waals surface area contributed by atoms with Gasteiger partial charge >= 0.3 is 19.5 Å². The molecule has 2 aliphatic rings. The van der Waals surface area contributed by atoms with Crippen LogP contribution in [0.15, 0.2) is 18.2 Å². The Morgan fingerprint density at radius 2 is 1.00 bits per heavy atom. The Hall–Kier alpha value is -1.39. The Labute approximate surface area is 205 Å². The molecule has 208 valence electrons. The Kier molecular flexibility index (Phi) is 11.5. The van der Waals surface area contributed by atoms with Crippen LogP contribution < -0.4 is 14.8 Å². The predicted octanol–water partition coefficient (Wildman–Crippen LogP) is 8.37. The molecule has 0 saturated heterocycles. The van der Waals surface area contributed by atoms with Gasteiger partial charge < -0.3 is 26.7 Å². The standard InChI is InChI=1S/C22H29F6O2P.BF4/c23-14-21(25,26)29-16-11-17(30-22(27,28)15-24)13-20(12-16)31(18-7-3-1-4-8-18)19-9-5-2-6-10-19;2-1(3,4)5/h11-13,18-19H,1-10,14-15H2;/q;-1/p+1. The summed E-state index contributed by atoms with van der Waals surface area (Å²) in [4.78, 5) is 0. The minimum atomic E-state index is -6.00. The molecule has 1 aromatic carbocycles. The minimum absolute atomic E-state index is 0.397. The van der Waals surface area contributed by atoms with E-state index in [2.05, 4.69) is 9.47 Å². The minimum Gasteiger partial charge on any atom is -0.430 e. The lowest BCUT2D eigenvalue weighted by molar-refractivity contribution is -0.189. The molecule has 2 saturated carbocycles. The van der Waals surface area contributed by atoms with E-state index in [4.69, 9.17) is 0 Å². The summed E-state index contributed by atoms with van der Waals surface area (Å²) in [6.07, 6.45) is 2.58. The zero-order valence-corrected chi connectivity index (χ0v) is 20.5. The van der Waals surface area contributed by atoms with Gasteiger partial charge in [-0.15, -0.1) is 0 Å². The molecule has 2 nitrogen and oxygen atoms in total. The van der Waals surface area contributed by atoms with E-state index in [0.717, 1.165) is 70.3 Å². The molecule has 0 atom stereocenters. The number of halogens is 10. The van der Waals surface area contributed by atoms with Crippen LogP contribution in [-0.4, -0.2) is 44.1 Å².